The van der Waals surface area contributed by atoms with E-state index in [4.69, 9.17) is 4.74 Å². The van der Waals surface area contributed by atoms with Crippen LogP contribution in [0.4, 0.5) is 0 Å². The molecule has 1 N–H and O–H groups in total. The van der Waals surface area contributed by atoms with Crippen molar-refractivity contribution in [2.24, 2.45) is 0 Å². The van der Waals surface area contributed by atoms with E-state index in [1.807, 2.05) is 89.6 Å². The Morgan fingerprint density at radius 3 is 2.18 bits per heavy atom. The maximum Gasteiger partial charge on any atom is 0.247 e. The average Bonchev–Trinajstić information content (AvgIpc) is 3.58. The molecule has 174 valence electrons. The molecule has 34 heavy (non-hydrogen) atoms. The summed E-state index contributed by atoms with van der Waals surface area (Å²) in [5.41, 5.74) is 1.74. The summed E-state index contributed by atoms with van der Waals surface area (Å²) in [6, 6.07) is 24.2. The van der Waals surface area contributed by atoms with Crippen molar-refractivity contribution in [1.29, 1.82) is 0 Å². The van der Waals surface area contributed by atoms with Gasteiger partial charge in [0.15, 0.2) is 0 Å². The first-order chi connectivity index (χ1) is 16.6. The summed E-state index contributed by atoms with van der Waals surface area (Å²) in [6.07, 6.45) is 0.252. The molecule has 2 heterocycles. The van der Waals surface area contributed by atoms with Gasteiger partial charge in [-0.05, 0) is 46.2 Å². The third kappa shape index (κ3) is 6.12. The number of nitrogens with zero attached hydrogens (tertiary/aromatic N) is 1. The van der Waals surface area contributed by atoms with Gasteiger partial charge in [-0.15, -0.1) is 22.7 Å². The standard InChI is InChI=1S/C27H26N2O3S2/c1-32-22-13-11-21(12-14-22)26(27(31)28-18-20-7-3-2-4-8-20)29(19-24-10-6-16-34-24)25(30)17-23-9-5-15-33-23/h2-16,26H,17-19H2,1H3,(H,28,31)/t26-/m1/s1. The Morgan fingerprint density at radius 2 is 1.56 bits per heavy atom. The summed E-state index contributed by atoms with van der Waals surface area (Å²) in [7, 11) is 1.60. The molecule has 0 radical (unpaired) electrons. The van der Waals surface area contributed by atoms with Gasteiger partial charge in [0.2, 0.25) is 11.8 Å². The van der Waals surface area contributed by atoms with Crippen molar-refractivity contribution in [2.45, 2.75) is 25.6 Å². The lowest BCUT2D eigenvalue weighted by Gasteiger charge is -2.31. The van der Waals surface area contributed by atoms with Crippen LogP contribution in [0, 0.1) is 0 Å². The molecule has 0 saturated heterocycles. The van der Waals surface area contributed by atoms with Gasteiger partial charge in [0.25, 0.3) is 0 Å². The molecule has 0 spiro atoms. The molecular weight excluding hydrogens is 464 g/mol. The van der Waals surface area contributed by atoms with Gasteiger partial charge in [0.05, 0.1) is 20.1 Å². The predicted molar refractivity (Wildman–Crippen MR) is 137 cm³/mol. The van der Waals surface area contributed by atoms with E-state index >= 15 is 0 Å². The molecule has 4 aromatic rings. The van der Waals surface area contributed by atoms with Crippen LogP contribution in [0.15, 0.2) is 89.6 Å². The average molecular weight is 491 g/mol. The summed E-state index contributed by atoms with van der Waals surface area (Å²) >= 11 is 3.12. The zero-order chi connectivity index (χ0) is 23.8. The smallest absolute Gasteiger partial charge is 0.247 e. The molecule has 2 aromatic heterocycles. The van der Waals surface area contributed by atoms with Gasteiger partial charge in [-0.25, -0.2) is 0 Å². The first-order valence-electron chi connectivity index (χ1n) is 10.9. The molecule has 2 amide bonds. The van der Waals surface area contributed by atoms with E-state index in [1.165, 1.54) is 0 Å². The lowest BCUT2D eigenvalue weighted by Crippen LogP contribution is -2.43. The lowest BCUT2D eigenvalue weighted by atomic mass is 10.0. The van der Waals surface area contributed by atoms with E-state index in [2.05, 4.69) is 5.32 Å². The summed E-state index contributed by atoms with van der Waals surface area (Å²) in [4.78, 5) is 30.9. The van der Waals surface area contributed by atoms with Gasteiger partial charge in [0.1, 0.15) is 11.8 Å². The number of ether oxygens (including phenoxy) is 1. The lowest BCUT2D eigenvalue weighted by molar-refractivity contribution is -0.141. The fourth-order valence-corrected chi connectivity index (χ4v) is 5.10. The van der Waals surface area contributed by atoms with Crippen molar-refractivity contribution < 1.29 is 14.3 Å². The van der Waals surface area contributed by atoms with E-state index in [0.717, 1.165) is 20.9 Å². The van der Waals surface area contributed by atoms with Crippen LogP contribution < -0.4 is 10.1 Å². The highest BCUT2D eigenvalue weighted by atomic mass is 32.1. The van der Waals surface area contributed by atoms with E-state index < -0.39 is 6.04 Å². The van der Waals surface area contributed by atoms with E-state index in [1.54, 1.807) is 34.7 Å². The molecule has 0 aliphatic heterocycles. The van der Waals surface area contributed by atoms with Crippen LogP contribution in [0.1, 0.15) is 26.9 Å². The molecule has 0 fully saturated rings. The van der Waals surface area contributed by atoms with Crippen molar-refractivity contribution in [1.82, 2.24) is 10.2 Å². The van der Waals surface area contributed by atoms with Gasteiger partial charge in [-0.2, -0.15) is 0 Å². The second-order valence-corrected chi connectivity index (χ2v) is 9.80. The van der Waals surface area contributed by atoms with Crippen molar-refractivity contribution >= 4 is 34.5 Å². The second kappa shape index (κ2) is 11.6. The quantitative estimate of drug-likeness (QED) is 0.322. The van der Waals surface area contributed by atoms with E-state index in [9.17, 15) is 9.59 Å². The highest BCUT2D eigenvalue weighted by Crippen LogP contribution is 2.28. The summed E-state index contributed by atoms with van der Waals surface area (Å²) in [5.74, 6) is 0.388. The zero-order valence-electron chi connectivity index (χ0n) is 18.8. The van der Waals surface area contributed by atoms with Crippen molar-refractivity contribution in [3.05, 3.63) is 111 Å². The van der Waals surface area contributed by atoms with Crippen LogP contribution in [-0.2, 0) is 29.1 Å². The molecule has 0 aliphatic rings. The molecule has 1 atom stereocenters. The monoisotopic (exact) mass is 490 g/mol. The minimum Gasteiger partial charge on any atom is -0.497 e. The number of amides is 2. The van der Waals surface area contributed by atoms with E-state index in [-0.39, 0.29) is 18.2 Å². The molecule has 0 unspecified atom stereocenters. The van der Waals surface area contributed by atoms with Crippen LogP contribution >= 0.6 is 22.7 Å². The van der Waals surface area contributed by atoms with Crippen LogP contribution in [0.25, 0.3) is 0 Å². The number of benzene rings is 2. The van der Waals surface area contributed by atoms with Crippen LogP contribution in [0.5, 0.6) is 5.75 Å². The fraction of sp³-hybridized carbons (Fsp3) is 0.185. The van der Waals surface area contributed by atoms with Crippen LogP contribution in [0.2, 0.25) is 0 Å². The summed E-state index contributed by atoms with van der Waals surface area (Å²) in [6.45, 7) is 0.746. The number of nitrogens with one attached hydrogen (secondary N) is 1. The Labute approximate surface area is 207 Å². The number of thiophene rings is 2. The van der Waals surface area contributed by atoms with Gasteiger partial charge < -0.3 is 15.0 Å². The molecule has 7 heteroatoms. The Hall–Kier alpha value is -3.42. The number of hydrogen-bond acceptors (Lipinski definition) is 5. The van der Waals surface area contributed by atoms with Gasteiger partial charge in [-0.3, -0.25) is 9.59 Å². The molecule has 4 rings (SSSR count). The Balaban J connectivity index is 1.66. The van der Waals surface area contributed by atoms with Crippen molar-refractivity contribution in [3.63, 3.8) is 0 Å². The van der Waals surface area contributed by atoms with E-state index in [0.29, 0.717) is 18.8 Å². The number of rotatable bonds is 10. The number of carbonyl (C=O) groups is 2. The molecule has 0 aliphatic carbocycles. The van der Waals surface area contributed by atoms with Gasteiger partial charge in [0, 0.05) is 16.3 Å². The molecular formula is C27H26N2O3S2. The minimum atomic E-state index is -0.774. The summed E-state index contributed by atoms with van der Waals surface area (Å²) < 4.78 is 5.30. The van der Waals surface area contributed by atoms with Crippen molar-refractivity contribution in [3.8, 4) is 5.75 Å². The topological polar surface area (TPSA) is 58.6 Å². The third-order valence-electron chi connectivity index (χ3n) is 5.43. The highest BCUT2D eigenvalue weighted by molar-refractivity contribution is 7.10. The number of hydrogen-bond donors (Lipinski definition) is 1. The first kappa shape index (κ1) is 23.7. The molecule has 2 aromatic carbocycles. The maximum atomic E-state index is 13.6. The fourth-order valence-electron chi connectivity index (χ4n) is 3.70. The zero-order valence-corrected chi connectivity index (χ0v) is 20.5. The van der Waals surface area contributed by atoms with Gasteiger partial charge in [-0.1, -0.05) is 54.6 Å². The molecule has 0 bridgehead atoms. The number of methoxy groups -OCH3 is 1. The summed E-state index contributed by atoms with van der Waals surface area (Å²) in [5, 5.41) is 6.98. The Morgan fingerprint density at radius 1 is 0.882 bits per heavy atom. The first-order valence-corrected chi connectivity index (χ1v) is 12.7. The van der Waals surface area contributed by atoms with Crippen LogP contribution in [0.3, 0.4) is 0 Å². The molecule has 0 saturated carbocycles. The highest BCUT2D eigenvalue weighted by Gasteiger charge is 2.32. The minimum absolute atomic E-state index is 0.0912. The van der Waals surface area contributed by atoms with Gasteiger partial charge >= 0.3 is 0 Å². The largest absolute Gasteiger partial charge is 0.497 e. The normalized spacial score (nSPS) is 11.6. The number of carbonyl (C=O) groups excluding carboxylic acids is 2. The predicted octanol–water partition coefficient (Wildman–Crippen LogP) is 5.45. The Kier molecular flexibility index (Phi) is 8.12. The van der Waals surface area contributed by atoms with Crippen LogP contribution in [-0.4, -0.2) is 23.8 Å². The second-order valence-electron chi connectivity index (χ2n) is 7.74. The maximum absolute atomic E-state index is 13.6. The third-order valence-corrected chi connectivity index (χ3v) is 7.17. The SMILES string of the molecule is COc1ccc([C@H](C(=O)NCc2ccccc2)N(Cc2cccs2)C(=O)Cc2cccs2)cc1. The molecule has 5 nitrogen and oxygen atoms in total. The Bertz CT molecular complexity index is 1170. The van der Waals surface area contributed by atoms with Crippen molar-refractivity contribution in [2.75, 3.05) is 7.11 Å².